The van der Waals surface area contributed by atoms with Crippen LogP contribution < -0.4 is 10.3 Å². The largest absolute Gasteiger partial charge is 0.505 e. The molecule has 0 unspecified atom stereocenters. The van der Waals surface area contributed by atoms with E-state index in [0.29, 0.717) is 37.5 Å². The number of methoxy groups -OCH3 is 1. The van der Waals surface area contributed by atoms with Crippen molar-refractivity contribution in [3.8, 4) is 22.9 Å². The first kappa shape index (κ1) is 21.1. The standard InChI is InChI=1S/C24H17ClFN3O4S/c1-32-18-7-14(11-2-3-11)15(6-17(18)26)22-28-23-19(13-4-5-16(25)20(30)21(13)34-23)24(31)29(22)9-12-8-27-10-33-12/h4-8,10-11,30H,2-3,9H2,1H3. The number of phenolic OH excluding ortho intramolecular Hbond substituents is 1. The van der Waals surface area contributed by atoms with E-state index >= 15 is 0 Å². The minimum Gasteiger partial charge on any atom is -0.505 e. The number of rotatable bonds is 5. The minimum atomic E-state index is -0.539. The number of hydrogen-bond donors (Lipinski definition) is 1. The van der Waals surface area contributed by atoms with Crippen LogP contribution in [0.5, 0.6) is 11.5 Å². The van der Waals surface area contributed by atoms with Crippen molar-refractivity contribution in [1.82, 2.24) is 14.5 Å². The highest BCUT2D eigenvalue weighted by Crippen LogP contribution is 2.47. The smallest absolute Gasteiger partial charge is 0.263 e. The summed E-state index contributed by atoms with van der Waals surface area (Å²) in [6.07, 6.45) is 4.74. The van der Waals surface area contributed by atoms with Gasteiger partial charge in [0.2, 0.25) is 0 Å². The van der Waals surface area contributed by atoms with Crippen molar-refractivity contribution in [3.63, 3.8) is 0 Å². The Bertz CT molecular complexity index is 1640. The van der Waals surface area contributed by atoms with Gasteiger partial charge in [-0.25, -0.2) is 14.4 Å². The zero-order chi connectivity index (χ0) is 23.6. The molecule has 6 rings (SSSR count). The minimum absolute atomic E-state index is 0.0613. The molecule has 34 heavy (non-hydrogen) atoms. The van der Waals surface area contributed by atoms with Crippen LogP contribution in [0.1, 0.15) is 30.1 Å². The van der Waals surface area contributed by atoms with Crippen LogP contribution in [0.25, 0.3) is 31.7 Å². The highest BCUT2D eigenvalue weighted by atomic mass is 35.5. The number of hydrogen-bond acceptors (Lipinski definition) is 7. The zero-order valence-corrected chi connectivity index (χ0v) is 19.4. The number of fused-ring (bicyclic) bond motifs is 3. The van der Waals surface area contributed by atoms with Crippen molar-refractivity contribution >= 4 is 43.2 Å². The summed E-state index contributed by atoms with van der Waals surface area (Å²) in [5, 5.41) is 11.6. The lowest BCUT2D eigenvalue weighted by Crippen LogP contribution is -2.24. The molecule has 5 aromatic rings. The van der Waals surface area contributed by atoms with Crippen molar-refractivity contribution in [3.05, 3.63) is 69.4 Å². The fraction of sp³-hybridized carbons (Fsp3) is 0.208. The van der Waals surface area contributed by atoms with Crippen molar-refractivity contribution < 1.29 is 18.7 Å². The molecule has 0 amide bonds. The van der Waals surface area contributed by atoms with Crippen molar-refractivity contribution in [1.29, 1.82) is 0 Å². The number of aromatic nitrogens is 3. The number of halogens is 2. The summed E-state index contributed by atoms with van der Waals surface area (Å²) >= 11 is 7.27. The Labute approximate surface area is 201 Å². The van der Waals surface area contributed by atoms with Gasteiger partial charge in [-0.3, -0.25) is 9.36 Å². The lowest BCUT2D eigenvalue weighted by atomic mass is 10.0. The van der Waals surface area contributed by atoms with Gasteiger partial charge in [-0.1, -0.05) is 17.7 Å². The van der Waals surface area contributed by atoms with Gasteiger partial charge in [0.1, 0.15) is 16.4 Å². The van der Waals surface area contributed by atoms with Crippen molar-refractivity contribution in [2.75, 3.05) is 7.11 Å². The van der Waals surface area contributed by atoms with Gasteiger partial charge in [-0.2, -0.15) is 0 Å². The molecule has 7 nitrogen and oxygen atoms in total. The van der Waals surface area contributed by atoms with E-state index in [4.69, 9.17) is 25.7 Å². The molecule has 1 fully saturated rings. The first-order valence-corrected chi connectivity index (χ1v) is 11.8. The molecule has 0 spiro atoms. The first-order valence-electron chi connectivity index (χ1n) is 10.6. The maximum Gasteiger partial charge on any atom is 0.263 e. The molecule has 172 valence electrons. The third-order valence-electron chi connectivity index (χ3n) is 6.07. The molecule has 1 aliphatic rings. The summed E-state index contributed by atoms with van der Waals surface area (Å²) in [5.41, 5.74) is 1.07. The molecule has 0 bridgehead atoms. The number of nitrogens with zero attached hydrogens (tertiary/aromatic N) is 3. The van der Waals surface area contributed by atoms with Crippen LogP contribution in [0.3, 0.4) is 0 Å². The predicted octanol–water partition coefficient (Wildman–Crippen LogP) is 5.70. The predicted molar refractivity (Wildman–Crippen MR) is 128 cm³/mol. The molecule has 0 radical (unpaired) electrons. The average Bonchev–Trinajstić information content (AvgIpc) is 3.40. The van der Waals surface area contributed by atoms with Crippen LogP contribution in [0.4, 0.5) is 4.39 Å². The first-order chi connectivity index (χ1) is 16.5. The molecule has 0 aliphatic heterocycles. The normalized spacial score (nSPS) is 13.7. The molecule has 1 saturated carbocycles. The Kier molecular flexibility index (Phi) is 4.86. The lowest BCUT2D eigenvalue weighted by molar-refractivity contribution is 0.386. The highest BCUT2D eigenvalue weighted by Gasteiger charge is 2.30. The maximum atomic E-state index is 14.9. The van der Waals surface area contributed by atoms with Gasteiger partial charge in [-0.05, 0) is 42.5 Å². The monoisotopic (exact) mass is 497 g/mol. The van der Waals surface area contributed by atoms with E-state index in [2.05, 4.69) is 4.98 Å². The average molecular weight is 498 g/mol. The number of aromatic hydroxyl groups is 1. The summed E-state index contributed by atoms with van der Waals surface area (Å²) in [7, 11) is 1.42. The van der Waals surface area contributed by atoms with E-state index in [-0.39, 0.29) is 34.5 Å². The molecule has 1 N–H and O–H groups in total. The van der Waals surface area contributed by atoms with E-state index in [0.717, 1.165) is 18.4 Å². The van der Waals surface area contributed by atoms with Crippen LogP contribution in [0.2, 0.25) is 5.02 Å². The summed E-state index contributed by atoms with van der Waals surface area (Å²) in [6, 6.07) is 6.30. The molecule has 3 aromatic heterocycles. The Morgan fingerprint density at radius 3 is 2.88 bits per heavy atom. The fourth-order valence-corrected chi connectivity index (χ4v) is 5.59. The SMILES string of the molecule is COc1cc(C2CC2)c(-c2nc3sc4c(O)c(Cl)ccc4c3c(=O)n2Cc2cnco2)cc1F. The third-order valence-corrected chi connectivity index (χ3v) is 7.48. The van der Waals surface area contributed by atoms with Crippen molar-refractivity contribution in [2.45, 2.75) is 25.3 Å². The number of phenols is 1. The second kappa shape index (κ2) is 7.82. The summed E-state index contributed by atoms with van der Waals surface area (Å²) in [6.45, 7) is 0.0613. The topological polar surface area (TPSA) is 90.4 Å². The van der Waals surface area contributed by atoms with Gasteiger partial charge in [0.15, 0.2) is 23.7 Å². The molecule has 10 heteroatoms. The number of thiophene rings is 1. The van der Waals surface area contributed by atoms with Crippen LogP contribution in [0.15, 0.2) is 46.1 Å². The molecule has 2 aromatic carbocycles. The third kappa shape index (κ3) is 3.26. The van der Waals surface area contributed by atoms with E-state index in [1.54, 1.807) is 18.2 Å². The Morgan fingerprint density at radius 1 is 1.35 bits per heavy atom. The van der Waals surface area contributed by atoms with Crippen LogP contribution in [0, 0.1) is 5.82 Å². The molecular formula is C24H17ClFN3O4S. The molecule has 3 heterocycles. The van der Waals surface area contributed by atoms with Gasteiger partial charge in [0.25, 0.3) is 5.56 Å². The Balaban J connectivity index is 1.70. The van der Waals surface area contributed by atoms with Gasteiger partial charge in [0, 0.05) is 10.9 Å². The number of oxazole rings is 1. The van der Waals surface area contributed by atoms with Gasteiger partial charge < -0.3 is 14.3 Å². The summed E-state index contributed by atoms with van der Waals surface area (Å²) < 4.78 is 27.4. The Morgan fingerprint density at radius 2 is 2.18 bits per heavy atom. The molecule has 0 saturated heterocycles. The molecular weight excluding hydrogens is 481 g/mol. The number of benzene rings is 2. The number of ether oxygens (including phenoxy) is 1. The maximum absolute atomic E-state index is 14.9. The van der Waals surface area contributed by atoms with E-state index in [9.17, 15) is 14.3 Å². The van der Waals surface area contributed by atoms with E-state index in [1.807, 2.05) is 0 Å². The van der Waals surface area contributed by atoms with Crippen LogP contribution in [-0.2, 0) is 6.54 Å². The second-order valence-corrected chi connectivity index (χ2v) is 9.60. The lowest BCUT2D eigenvalue weighted by Gasteiger charge is -2.16. The fourth-order valence-electron chi connectivity index (χ4n) is 4.26. The van der Waals surface area contributed by atoms with Crippen LogP contribution >= 0.6 is 22.9 Å². The van der Waals surface area contributed by atoms with Gasteiger partial charge in [-0.15, -0.1) is 11.3 Å². The van der Waals surface area contributed by atoms with E-state index in [1.165, 1.54) is 41.7 Å². The Hall–Kier alpha value is -3.43. The second-order valence-electron chi connectivity index (χ2n) is 8.20. The molecule has 0 atom stereocenters. The van der Waals surface area contributed by atoms with Crippen molar-refractivity contribution in [2.24, 2.45) is 0 Å². The zero-order valence-electron chi connectivity index (χ0n) is 17.8. The van der Waals surface area contributed by atoms with Gasteiger partial charge in [0.05, 0.1) is 35.0 Å². The van der Waals surface area contributed by atoms with E-state index < -0.39 is 5.82 Å². The molecule has 1 aliphatic carbocycles. The quantitative estimate of drug-likeness (QED) is 0.335. The highest BCUT2D eigenvalue weighted by molar-refractivity contribution is 7.25. The summed E-state index contributed by atoms with van der Waals surface area (Å²) in [4.78, 5) is 23.1. The van der Waals surface area contributed by atoms with Crippen LogP contribution in [-0.4, -0.2) is 26.8 Å². The van der Waals surface area contributed by atoms with Gasteiger partial charge >= 0.3 is 0 Å². The summed E-state index contributed by atoms with van der Waals surface area (Å²) in [5.74, 6) is 0.520.